The van der Waals surface area contributed by atoms with Crippen LogP contribution in [0.1, 0.15) is 26.7 Å². The predicted molar refractivity (Wildman–Crippen MR) is 48.2 cm³/mol. The highest BCUT2D eigenvalue weighted by Crippen LogP contribution is 2.61. The van der Waals surface area contributed by atoms with Crippen LogP contribution in [0, 0.1) is 17.3 Å². The Hall–Kier alpha value is -0.700. The van der Waals surface area contributed by atoms with Crippen LogP contribution in [-0.2, 0) is 9.59 Å². The quantitative estimate of drug-likeness (QED) is 0.643. The lowest BCUT2D eigenvalue weighted by Crippen LogP contribution is -2.06. The molecule has 3 heteroatoms. The summed E-state index contributed by atoms with van der Waals surface area (Å²) in [4.78, 5) is 21.3. The van der Waals surface area contributed by atoms with E-state index in [4.69, 9.17) is 5.11 Å². The maximum Gasteiger partial charge on any atom is 0.158 e. The van der Waals surface area contributed by atoms with Crippen LogP contribution in [-0.4, -0.2) is 23.8 Å². The van der Waals surface area contributed by atoms with Crippen LogP contribution in [0.4, 0.5) is 0 Å². The third-order valence-corrected chi connectivity index (χ3v) is 3.26. The van der Waals surface area contributed by atoms with Crippen molar-refractivity contribution < 1.29 is 14.7 Å². The van der Waals surface area contributed by atoms with Crippen molar-refractivity contribution in [3.8, 4) is 0 Å². The van der Waals surface area contributed by atoms with Crippen LogP contribution in [0.15, 0.2) is 0 Å². The largest absolute Gasteiger partial charge is 0.389 e. The lowest BCUT2D eigenvalue weighted by atomic mass is 10.1. The first-order chi connectivity index (χ1) is 6.04. The third-order valence-electron chi connectivity index (χ3n) is 3.26. The molecule has 13 heavy (non-hydrogen) atoms. The molecule has 1 fully saturated rings. The van der Waals surface area contributed by atoms with Crippen molar-refractivity contribution in [2.75, 3.05) is 6.61 Å². The van der Waals surface area contributed by atoms with Gasteiger partial charge >= 0.3 is 0 Å². The van der Waals surface area contributed by atoms with Gasteiger partial charge in [0.25, 0.3) is 0 Å². The summed E-state index contributed by atoms with van der Waals surface area (Å²) in [5.74, 6) is 0.504. The minimum atomic E-state index is -0.375. The molecule has 1 aliphatic rings. The number of carbonyl (C=O) groups is 2. The summed E-state index contributed by atoms with van der Waals surface area (Å²) >= 11 is 0. The maximum atomic E-state index is 11.0. The summed E-state index contributed by atoms with van der Waals surface area (Å²) in [7, 11) is 0. The molecule has 0 spiro atoms. The molecule has 0 aliphatic heterocycles. The summed E-state index contributed by atoms with van der Waals surface area (Å²) in [6, 6.07) is 0. The smallest absolute Gasteiger partial charge is 0.158 e. The average molecular weight is 184 g/mol. The number of rotatable bonds is 5. The van der Waals surface area contributed by atoms with Crippen molar-refractivity contribution in [3.63, 3.8) is 0 Å². The topological polar surface area (TPSA) is 54.4 Å². The Morgan fingerprint density at radius 1 is 1.46 bits per heavy atom. The Kier molecular flexibility index (Phi) is 2.86. The molecule has 2 atom stereocenters. The van der Waals surface area contributed by atoms with Crippen molar-refractivity contribution >= 4 is 12.1 Å². The number of aliphatic hydroxyl groups excluding tert-OH is 1. The molecule has 0 bridgehead atoms. The fraction of sp³-hybridized carbons (Fsp3) is 0.800. The van der Waals surface area contributed by atoms with Gasteiger partial charge in [0.2, 0.25) is 0 Å². The van der Waals surface area contributed by atoms with Crippen LogP contribution >= 0.6 is 0 Å². The van der Waals surface area contributed by atoms with Crippen molar-refractivity contribution in [3.05, 3.63) is 0 Å². The fourth-order valence-corrected chi connectivity index (χ4v) is 2.14. The van der Waals surface area contributed by atoms with Gasteiger partial charge in [0, 0.05) is 12.8 Å². The van der Waals surface area contributed by atoms with Crippen molar-refractivity contribution in [1.82, 2.24) is 0 Å². The fourth-order valence-electron chi connectivity index (χ4n) is 2.14. The number of hydrogen-bond acceptors (Lipinski definition) is 3. The van der Waals surface area contributed by atoms with Gasteiger partial charge in [-0.1, -0.05) is 13.8 Å². The van der Waals surface area contributed by atoms with Gasteiger partial charge in [-0.3, -0.25) is 4.79 Å². The van der Waals surface area contributed by atoms with E-state index in [1.54, 1.807) is 0 Å². The monoisotopic (exact) mass is 184 g/mol. The molecule has 1 rings (SSSR count). The van der Waals surface area contributed by atoms with E-state index in [2.05, 4.69) is 13.8 Å². The molecule has 0 heterocycles. The Labute approximate surface area is 78.1 Å². The molecule has 0 aromatic rings. The van der Waals surface area contributed by atoms with Gasteiger partial charge in [0.15, 0.2) is 5.78 Å². The van der Waals surface area contributed by atoms with Crippen molar-refractivity contribution in [2.24, 2.45) is 17.3 Å². The van der Waals surface area contributed by atoms with Crippen molar-refractivity contribution in [1.29, 1.82) is 0 Å². The van der Waals surface area contributed by atoms with E-state index < -0.39 is 0 Å². The average Bonchev–Trinajstić information content (AvgIpc) is 2.56. The molecule has 1 N–H and O–H groups in total. The minimum absolute atomic E-state index is 0.103. The van der Waals surface area contributed by atoms with E-state index in [9.17, 15) is 9.59 Å². The Bertz CT molecular complexity index is 220. The molecule has 0 saturated heterocycles. The molecule has 74 valence electrons. The van der Waals surface area contributed by atoms with Crippen LogP contribution < -0.4 is 0 Å². The summed E-state index contributed by atoms with van der Waals surface area (Å²) < 4.78 is 0. The van der Waals surface area contributed by atoms with Gasteiger partial charge in [-0.2, -0.15) is 0 Å². The van der Waals surface area contributed by atoms with Gasteiger partial charge in [-0.05, 0) is 17.3 Å². The normalized spacial score (nSPS) is 29.8. The molecule has 0 amide bonds. The first kappa shape index (κ1) is 10.4. The molecule has 3 nitrogen and oxygen atoms in total. The molecule has 1 saturated carbocycles. The van der Waals surface area contributed by atoms with E-state index in [-0.39, 0.29) is 23.7 Å². The third kappa shape index (κ3) is 1.97. The lowest BCUT2D eigenvalue weighted by molar-refractivity contribution is -0.122. The van der Waals surface area contributed by atoms with E-state index in [0.29, 0.717) is 18.8 Å². The highest BCUT2D eigenvalue weighted by Gasteiger charge is 2.56. The SMILES string of the molecule is CC1(C)C(CC=O)C1CC(=O)CO. The van der Waals surface area contributed by atoms with Crippen LogP contribution in [0.25, 0.3) is 0 Å². The molecular weight excluding hydrogens is 168 g/mol. The van der Waals surface area contributed by atoms with E-state index in [1.807, 2.05) is 0 Å². The Balaban J connectivity index is 2.45. The van der Waals surface area contributed by atoms with Crippen molar-refractivity contribution in [2.45, 2.75) is 26.7 Å². The maximum absolute atomic E-state index is 11.0. The first-order valence-electron chi connectivity index (χ1n) is 4.60. The second-order valence-electron chi connectivity index (χ2n) is 4.34. The Morgan fingerprint density at radius 3 is 2.54 bits per heavy atom. The van der Waals surface area contributed by atoms with E-state index >= 15 is 0 Å². The zero-order valence-electron chi connectivity index (χ0n) is 8.12. The van der Waals surface area contributed by atoms with Crippen LogP contribution in [0.3, 0.4) is 0 Å². The number of ketones is 1. The second-order valence-corrected chi connectivity index (χ2v) is 4.34. The van der Waals surface area contributed by atoms with E-state index in [0.717, 1.165) is 6.29 Å². The number of aldehydes is 1. The summed E-state index contributed by atoms with van der Waals surface area (Å²) in [6.45, 7) is 3.76. The lowest BCUT2D eigenvalue weighted by Gasteiger charge is -1.99. The summed E-state index contributed by atoms with van der Waals surface area (Å²) in [5, 5.41) is 8.58. The number of Topliss-reactive ketones (excluding diaryl/α,β-unsaturated/α-hetero) is 1. The first-order valence-corrected chi connectivity index (χ1v) is 4.60. The van der Waals surface area contributed by atoms with Crippen LogP contribution in [0.5, 0.6) is 0 Å². The standard InChI is InChI=1S/C10H16O3/c1-10(2)8(3-4-11)9(10)5-7(13)6-12/h4,8-9,12H,3,5-6H2,1-2H3. The van der Waals surface area contributed by atoms with Gasteiger partial charge in [-0.25, -0.2) is 0 Å². The predicted octanol–water partition coefficient (Wildman–Crippen LogP) is 0.799. The molecular formula is C10H16O3. The number of hydrogen-bond donors (Lipinski definition) is 1. The highest BCUT2D eigenvalue weighted by molar-refractivity contribution is 5.80. The molecule has 0 aromatic heterocycles. The second kappa shape index (κ2) is 3.58. The molecule has 0 radical (unpaired) electrons. The van der Waals surface area contributed by atoms with Crippen LogP contribution in [0.2, 0.25) is 0 Å². The number of carbonyl (C=O) groups excluding carboxylic acids is 2. The Morgan fingerprint density at radius 2 is 2.08 bits per heavy atom. The zero-order valence-corrected chi connectivity index (χ0v) is 8.12. The van der Waals surface area contributed by atoms with Gasteiger partial charge in [0.1, 0.15) is 12.9 Å². The molecule has 1 aliphatic carbocycles. The summed E-state index contributed by atoms with van der Waals surface area (Å²) in [5.41, 5.74) is 0.103. The van der Waals surface area contributed by atoms with Gasteiger partial charge in [0.05, 0.1) is 0 Å². The minimum Gasteiger partial charge on any atom is -0.389 e. The van der Waals surface area contributed by atoms with E-state index in [1.165, 1.54) is 0 Å². The zero-order chi connectivity index (χ0) is 10.1. The number of aliphatic hydroxyl groups is 1. The highest BCUT2D eigenvalue weighted by atomic mass is 16.3. The molecule has 0 aromatic carbocycles. The van der Waals surface area contributed by atoms with Gasteiger partial charge < -0.3 is 9.90 Å². The molecule has 2 unspecified atom stereocenters. The van der Waals surface area contributed by atoms with Gasteiger partial charge in [-0.15, -0.1) is 0 Å². The summed E-state index contributed by atoms with van der Waals surface area (Å²) in [6.07, 6.45) is 1.87.